The summed E-state index contributed by atoms with van der Waals surface area (Å²) in [4.78, 5) is 12.6. The van der Waals surface area contributed by atoms with E-state index in [-0.39, 0.29) is 23.5 Å². The molecule has 158 valence electrons. The first kappa shape index (κ1) is 20.3. The Morgan fingerprint density at radius 1 is 0.871 bits per heavy atom. The topological polar surface area (TPSA) is 79.6 Å². The summed E-state index contributed by atoms with van der Waals surface area (Å²) in [5.41, 5.74) is 1.76. The second-order valence-electron chi connectivity index (χ2n) is 7.42. The summed E-state index contributed by atoms with van der Waals surface area (Å²) in [6.07, 6.45) is -1.13. The van der Waals surface area contributed by atoms with Crippen LogP contribution in [-0.2, 0) is 16.6 Å². The zero-order chi connectivity index (χ0) is 21.9. The second kappa shape index (κ2) is 7.24. The van der Waals surface area contributed by atoms with Crippen LogP contribution in [-0.4, -0.2) is 41.0 Å². The maximum Gasteiger partial charge on any atom is 0.269 e. The van der Waals surface area contributed by atoms with Crippen molar-refractivity contribution < 1.29 is 18.3 Å². The predicted octanol–water partition coefficient (Wildman–Crippen LogP) is 4.31. The monoisotopic (exact) mass is 474 g/mol. The van der Waals surface area contributed by atoms with Gasteiger partial charge in [-0.15, -0.1) is 0 Å². The van der Waals surface area contributed by atoms with Gasteiger partial charge >= 0.3 is 0 Å². The highest BCUT2D eigenvalue weighted by atomic mass is 35.5. The number of carbonyl (C=O) groups excluding carboxylic acids is 1. The summed E-state index contributed by atoms with van der Waals surface area (Å²) in [6.45, 7) is -0.267. The number of aliphatic hydroxyl groups is 1. The molecule has 6 nitrogen and oxygen atoms in total. The fraction of sp³-hybridized carbons (Fsp3) is 0.136. The fourth-order valence-corrected chi connectivity index (χ4v) is 6.07. The van der Waals surface area contributed by atoms with E-state index >= 15 is 0 Å². The van der Waals surface area contributed by atoms with E-state index in [0.29, 0.717) is 10.0 Å². The normalized spacial score (nSPS) is 16.2. The van der Waals surface area contributed by atoms with Crippen molar-refractivity contribution in [2.45, 2.75) is 17.5 Å². The Bertz CT molecular complexity index is 1420. The largest absolute Gasteiger partial charge is 0.389 e. The Labute approximate surface area is 188 Å². The van der Waals surface area contributed by atoms with Gasteiger partial charge in [-0.2, -0.15) is 0 Å². The summed E-state index contributed by atoms with van der Waals surface area (Å²) < 4.78 is 28.2. The zero-order valence-electron chi connectivity index (χ0n) is 16.0. The summed E-state index contributed by atoms with van der Waals surface area (Å²) >= 11 is 12.4. The molecule has 0 radical (unpaired) electrons. The molecular weight excluding hydrogens is 459 g/mol. The van der Waals surface area contributed by atoms with Crippen molar-refractivity contribution in [3.63, 3.8) is 0 Å². The number of benzene rings is 3. The van der Waals surface area contributed by atoms with E-state index in [1.807, 2.05) is 28.8 Å². The molecule has 3 aromatic carbocycles. The molecule has 1 aliphatic heterocycles. The maximum atomic E-state index is 12.8. The van der Waals surface area contributed by atoms with Crippen LogP contribution in [0.5, 0.6) is 0 Å². The first-order valence-corrected chi connectivity index (χ1v) is 11.7. The van der Waals surface area contributed by atoms with Gasteiger partial charge in [0.15, 0.2) is 0 Å². The minimum atomic E-state index is -3.99. The number of β-amino-alcohol motifs (C(OH)–C–C–N with tert-alkyl or cyclic N) is 1. The van der Waals surface area contributed by atoms with Gasteiger partial charge in [0.1, 0.15) is 4.90 Å². The predicted molar refractivity (Wildman–Crippen MR) is 120 cm³/mol. The van der Waals surface area contributed by atoms with Gasteiger partial charge in [-0.05, 0) is 48.5 Å². The molecule has 0 unspecified atom stereocenters. The maximum absolute atomic E-state index is 12.8. The van der Waals surface area contributed by atoms with Crippen LogP contribution >= 0.6 is 23.2 Å². The number of nitrogens with zero attached hydrogens (tertiary/aromatic N) is 2. The van der Waals surface area contributed by atoms with Gasteiger partial charge in [-0.1, -0.05) is 35.3 Å². The first-order valence-electron chi connectivity index (χ1n) is 9.48. The lowest BCUT2D eigenvalue weighted by molar-refractivity contribution is 0.0774. The van der Waals surface area contributed by atoms with Gasteiger partial charge in [-0.25, -0.2) is 12.7 Å². The van der Waals surface area contributed by atoms with Crippen molar-refractivity contribution in [2.75, 3.05) is 6.54 Å². The standard InChI is InChI=1S/C22H16Cl2N2O4S/c23-13-5-7-19-17(9-13)18-10-14(24)6-8-20(18)25(19)11-15(27)12-26-22(28)16-3-1-2-4-21(16)31(26,29)30/h1-10,15,27H,11-12H2/t15-/m1/s1. The Balaban J connectivity index is 1.52. The lowest BCUT2D eigenvalue weighted by Gasteiger charge is -2.20. The number of rotatable bonds is 4. The minimum Gasteiger partial charge on any atom is -0.389 e. The number of carbonyl (C=O) groups is 1. The SMILES string of the molecule is O=C1c2ccccc2S(=O)(=O)N1C[C@H](O)Cn1c2ccc(Cl)cc2c2cc(Cl)ccc21. The average Bonchev–Trinajstić information content (AvgIpc) is 3.12. The third-order valence-corrected chi connectivity index (χ3v) is 7.75. The number of halogens is 2. The average molecular weight is 475 g/mol. The quantitative estimate of drug-likeness (QED) is 0.477. The van der Waals surface area contributed by atoms with E-state index < -0.39 is 22.0 Å². The molecule has 1 N–H and O–H groups in total. The molecule has 0 bridgehead atoms. The number of amides is 1. The molecule has 31 heavy (non-hydrogen) atoms. The first-order chi connectivity index (χ1) is 14.8. The van der Waals surface area contributed by atoms with Gasteiger partial charge in [0.05, 0.1) is 24.8 Å². The van der Waals surface area contributed by atoms with E-state index in [4.69, 9.17) is 23.2 Å². The molecule has 1 atom stereocenters. The van der Waals surface area contributed by atoms with E-state index in [2.05, 4.69) is 0 Å². The molecule has 1 aliphatic rings. The number of aliphatic hydroxyl groups excluding tert-OH is 1. The summed E-state index contributed by atoms with van der Waals surface area (Å²) in [7, 11) is -3.99. The Morgan fingerprint density at radius 2 is 1.45 bits per heavy atom. The summed E-state index contributed by atoms with van der Waals surface area (Å²) in [6, 6.07) is 16.9. The van der Waals surface area contributed by atoms with Crippen molar-refractivity contribution in [1.29, 1.82) is 0 Å². The highest BCUT2D eigenvalue weighted by Gasteiger charge is 2.41. The minimum absolute atomic E-state index is 0.0339. The molecule has 1 amide bonds. The van der Waals surface area contributed by atoms with E-state index in [1.54, 1.807) is 24.3 Å². The molecule has 0 fully saturated rings. The van der Waals surface area contributed by atoms with Crippen LogP contribution in [0.15, 0.2) is 65.6 Å². The van der Waals surface area contributed by atoms with Crippen LogP contribution in [0.4, 0.5) is 0 Å². The summed E-state index contributed by atoms with van der Waals surface area (Å²) in [5.74, 6) is -0.629. The van der Waals surface area contributed by atoms with Gasteiger partial charge in [0, 0.05) is 31.9 Å². The lowest BCUT2D eigenvalue weighted by atomic mass is 10.1. The molecule has 0 aliphatic carbocycles. The smallest absolute Gasteiger partial charge is 0.269 e. The number of fused-ring (bicyclic) bond motifs is 4. The van der Waals surface area contributed by atoms with Crippen molar-refractivity contribution in [3.05, 3.63) is 76.3 Å². The molecule has 2 heterocycles. The van der Waals surface area contributed by atoms with Crippen molar-refractivity contribution in [1.82, 2.24) is 8.87 Å². The van der Waals surface area contributed by atoms with Crippen molar-refractivity contribution >= 4 is 60.9 Å². The van der Waals surface area contributed by atoms with Crippen LogP contribution in [0, 0.1) is 0 Å². The van der Waals surface area contributed by atoms with Crippen LogP contribution in [0.25, 0.3) is 21.8 Å². The second-order valence-corrected chi connectivity index (χ2v) is 10.1. The van der Waals surface area contributed by atoms with Crippen molar-refractivity contribution in [3.8, 4) is 0 Å². The van der Waals surface area contributed by atoms with Crippen LogP contribution in [0.2, 0.25) is 10.0 Å². The third-order valence-electron chi connectivity index (χ3n) is 5.47. The Kier molecular flexibility index (Phi) is 4.75. The van der Waals surface area contributed by atoms with Gasteiger partial charge in [-0.3, -0.25) is 4.79 Å². The molecule has 0 saturated carbocycles. The van der Waals surface area contributed by atoms with Crippen molar-refractivity contribution in [2.24, 2.45) is 0 Å². The van der Waals surface area contributed by atoms with E-state index in [0.717, 1.165) is 26.1 Å². The summed E-state index contributed by atoms with van der Waals surface area (Å²) in [5, 5.41) is 13.7. The van der Waals surface area contributed by atoms with E-state index in [1.165, 1.54) is 12.1 Å². The van der Waals surface area contributed by atoms with Crippen LogP contribution in [0.1, 0.15) is 10.4 Å². The Hall–Kier alpha value is -2.58. The van der Waals surface area contributed by atoms with Gasteiger partial charge in [0.25, 0.3) is 15.9 Å². The number of aromatic nitrogens is 1. The molecular formula is C22H16Cl2N2O4S. The fourth-order valence-electron chi connectivity index (χ4n) is 4.12. The molecule has 4 aromatic rings. The lowest BCUT2D eigenvalue weighted by Crippen LogP contribution is -2.38. The zero-order valence-corrected chi connectivity index (χ0v) is 18.3. The van der Waals surface area contributed by atoms with E-state index in [9.17, 15) is 18.3 Å². The van der Waals surface area contributed by atoms with Crippen LogP contribution in [0.3, 0.4) is 0 Å². The number of hydrogen-bond acceptors (Lipinski definition) is 4. The van der Waals surface area contributed by atoms with Crippen LogP contribution < -0.4 is 0 Å². The van der Waals surface area contributed by atoms with Gasteiger partial charge < -0.3 is 9.67 Å². The highest BCUT2D eigenvalue weighted by molar-refractivity contribution is 7.90. The van der Waals surface area contributed by atoms with Gasteiger partial charge in [0.2, 0.25) is 0 Å². The number of sulfonamides is 1. The molecule has 0 spiro atoms. The molecule has 0 saturated heterocycles. The highest BCUT2D eigenvalue weighted by Crippen LogP contribution is 2.34. The molecule has 5 rings (SSSR count). The Morgan fingerprint density at radius 3 is 2.03 bits per heavy atom. The third kappa shape index (κ3) is 3.20. The molecule has 9 heteroatoms. The number of hydrogen-bond donors (Lipinski definition) is 1. The molecule has 1 aromatic heterocycles.